The minimum Gasteiger partial charge on any atom is -0.464 e. The van der Waals surface area contributed by atoms with Gasteiger partial charge in [-0.05, 0) is 30.4 Å². The molecule has 1 atom stereocenters. The highest BCUT2D eigenvalue weighted by Crippen LogP contribution is 2.18. The molecule has 0 fully saturated rings. The van der Waals surface area contributed by atoms with Gasteiger partial charge in [0.25, 0.3) is 0 Å². The number of hydrogen-bond donors (Lipinski definition) is 1. The molecule has 1 unspecified atom stereocenters. The van der Waals surface area contributed by atoms with Gasteiger partial charge in [-0.15, -0.1) is 0 Å². The number of aliphatic hydroxyl groups is 1. The monoisotopic (exact) mass is 236 g/mol. The van der Waals surface area contributed by atoms with E-state index in [4.69, 9.17) is 4.74 Å². The zero-order valence-corrected chi connectivity index (χ0v) is 10.6. The van der Waals surface area contributed by atoms with E-state index < -0.39 is 12.1 Å². The molecule has 1 rings (SSSR count). The molecule has 0 spiro atoms. The van der Waals surface area contributed by atoms with Gasteiger partial charge in [0.15, 0.2) is 6.10 Å². The maximum absolute atomic E-state index is 11.4. The summed E-state index contributed by atoms with van der Waals surface area (Å²) < 4.78 is 4.79. The summed E-state index contributed by atoms with van der Waals surface area (Å²) in [5.41, 5.74) is 1.72. The van der Waals surface area contributed by atoms with Crippen molar-refractivity contribution in [2.24, 2.45) is 5.92 Å². The standard InChI is InChI=1S/C14H20O3/c1-4-17-14(16)13(15)12-7-5-6-11(9-12)8-10(2)3/h5-7,9-10,13,15H,4,8H2,1-3H3. The molecule has 0 aromatic heterocycles. The lowest BCUT2D eigenvalue weighted by Crippen LogP contribution is -2.15. The predicted octanol–water partition coefficient (Wildman–Crippen LogP) is 2.48. The van der Waals surface area contributed by atoms with Crippen molar-refractivity contribution in [2.45, 2.75) is 33.3 Å². The van der Waals surface area contributed by atoms with Crippen LogP contribution >= 0.6 is 0 Å². The van der Waals surface area contributed by atoms with Crippen molar-refractivity contribution in [1.82, 2.24) is 0 Å². The van der Waals surface area contributed by atoms with Gasteiger partial charge in [-0.25, -0.2) is 4.79 Å². The summed E-state index contributed by atoms with van der Waals surface area (Å²) in [7, 11) is 0. The molecule has 0 aliphatic rings. The molecule has 1 aromatic carbocycles. The van der Waals surface area contributed by atoms with Gasteiger partial charge in [0.05, 0.1) is 6.61 Å². The van der Waals surface area contributed by atoms with Crippen LogP contribution in [-0.4, -0.2) is 17.7 Å². The number of carbonyl (C=O) groups excluding carboxylic acids is 1. The minimum atomic E-state index is -1.18. The van der Waals surface area contributed by atoms with Gasteiger partial charge in [-0.2, -0.15) is 0 Å². The van der Waals surface area contributed by atoms with Crippen molar-refractivity contribution in [2.75, 3.05) is 6.61 Å². The molecule has 0 aliphatic heterocycles. The summed E-state index contributed by atoms with van der Waals surface area (Å²) in [4.78, 5) is 11.4. The van der Waals surface area contributed by atoms with Crippen LogP contribution < -0.4 is 0 Å². The second kappa shape index (κ2) is 6.40. The van der Waals surface area contributed by atoms with Gasteiger partial charge in [-0.3, -0.25) is 0 Å². The number of aliphatic hydroxyl groups excluding tert-OH is 1. The molecule has 0 aliphatic carbocycles. The number of benzene rings is 1. The molecule has 0 radical (unpaired) electrons. The molecule has 3 heteroatoms. The summed E-state index contributed by atoms with van der Waals surface area (Å²) in [5.74, 6) is -0.0424. The first-order chi connectivity index (χ1) is 8.04. The Bertz CT molecular complexity index is 371. The third-order valence-corrected chi connectivity index (χ3v) is 2.42. The van der Waals surface area contributed by atoms with Crippen molar-refractivity contribution in [3.8, 4) is 0 Å². The summed E-state index contributed by atoms with van der Waals surface area (Å²) in [6, 6.07) is 7.46. The van der Waals surface area contributed by atoms with Crippen molar-refractivity contribution in [3.63, 3.8) is 0 Å². The van der Waals surface area contributed by atoms with Crippen molar-refractivity contribution >= 4 is 5.97 Å². The second-order valence-electron chi connectivity index (χ2n) is 4.50. The first kappa shape index (κ1) is 13.7. The molecular formula is C14H20O3. The maximum Gasteiger partial charge on any atom is 0.339 e. The Morgan fingerprint density at radius 2 is 2.12 bits per heavy atom. The second-order valence-corrected chi connectivity index (χ2v) is 4.50. The van der Waals surface area contributed by atoms with Gasteiger partial charge in [0.1, 0.15) is 0 Å². The molecule has 0 saturated heterocycles. The predicted molar refractivity (Wildman–Crippen MR) is 66.6 cm³/mol. The third kappa shape index (κ3) is 4.19. The number of esters is 1. The van der Waals surface area contributed by atoms with Crippen molar-refractivity contribution < 1.29 is 14.6 Å². The van der Waals surface area contributed by atoms with E-state index in [1.807, 2.05) is 18.2 Å². The quantitative estimate of drug-likeness (QED) is 0.799. The number of carbonyl (C=O) groups is 1. The smallest absolute Gasteiger partial charge is 0.339 e. The Morgan fingerprint density at radius 3 is 2.71 bits per heavy atom. The van der Waals surface area contributed by atoms with Crippen LogP contribution in [0.4, 0.5) is 0 Å². The van der Waals surface area contributed by atoms with E-state index in [2.05, 4.69) is 13.8 Å². The SMILES string of the molecule is CCOC(=O)C(O)c1cccc(CC(C)C)c1. The normalized spacial score (nSPS) is 12.5. The molecule has 0 bridgehead atoms. The van der Waals surface area contributed by atoms with E-state index in [0.717, 1.165) is 12.0 Å². The van der Waals surface area contributed by atoms with Gasteiger partial charge in [0, 0.05) is 0 Å². The third-order valence-electron chi connectivity index (χ3n) is 2.42. The van der Waals surface area contributed by atoms with Crippen LogP contribution in [0.25, 0.3) is 0 Å². The van der Waals surface area contributed by atoms with Crippen LogP contribution in [0, 0.1) is 5.92 Å². The number of hydrogen-bond acceptors (Lipinski definition) is 3. The molecule has 1 N–H and O–H groups in total. The van der Waals surface area contributed by atoms with Gasteiger partial charge < -0.3 is 9.84 Å². The Labute approximate surface area is 102 Å². The summed E-state index contributed by atoms with van der Waals surface area (Å²) in [6.07, 6.45) is -0.245. The molecular weight excluding hydrogens is 216 g/mol. The largest absolute Gasteiger partial charge is 0.464 e. The van der Waals surface area contributed by atoms with E-state index >= 15 is 0 Å². The first-order valence-corrected chi connectivity index (χ1v) is 5.98. The zero-order chi connectivity index (χ0) is 12.8. The van der Waals surface area contributed by atoms with Crippen LogP contribution in [0.5, 0.6) is 0 Å². The average molecular weight is 236 g/mol. The van der Waals surface area contributed by atoms with Crippen LogP contribution in [0.3, 0.4) is 0 Å². The van der Waals surface area contributed by atoms with E-state index in [1.54, 1.807) is 13.0 Å². The Hall–Kier alpha value is -1.35. The maximum atomic E-state index is 11.4. The van der Waals surface area contributed by atoms with E-state index in [1.165, 1.54) is 0 Å². The Balaban J connectivity index is 2.80. The van der Waals surface area contributed by atoms with Crippen molar-refractivity contribution in [1.29, 1.82) is 0 Å². The molecule has 0 amide bonds. The fraction of sp³-hybridized carbons (Fsp3) is 0.500. The van der Waals surface area contributed by atoms with Crippen LogP contribution in [-0.2, 0) is 16.0 Å². The van der Waals surface area contributed by atoms with Gasteiger partial charge >= 0.3 is 5.97 Å². The van der Waals surface area contributed by atoms with E-state index in [9.17, 15) is 9.90 Å². The molecule has 94 valence electrons. The minimum absolute atomic E-state index is 0.279. The summed E-state index contributed by atoms with van der Waals surface area (Å²) >= 11 is 0. The number of ether oxygens (including phenoxy) is 1. The molecule has 1 aromatic rings. The lowest BCUT2D eigenvalue weighted by molar-refractivity contribution is -0.153. The summed E-state index contributed by atoms with van der Waals surface area (Å²) in [6.45, 7) is 6.27. The topological polar surface area (TPSA) is 46.5 Å². The first-order valence-electron chi connectivity index (χ1n) is 5.98. The van der Waals surface area contributed by atoms with Crippen molar-refractivity contribution in [3.05, 3.63) is 35.4 Å². The van der Waals surface area contributed by atoms with Crippen LogP contribution in [0.2, 0.25) is 0 Å². The summed E-state index contributed by atoms with van der Waals surface area (Å²) in [5, 5.41) is 9.80. The Kier molecular flexibility index (Phi) is 5.16. The highest BCUT2D eigenvalue weighted by atomic mass is 16.5. The highest BCUT2D eigenvalue weighted by Gasteiger charge is 2.18. The van der Waals surface area contributed by atoms with Crippen LogP contribution in [0.1, 0.15) is 38.0 Å². The number of rotatable bonds is 5. The Morgan fingerprint density at radius 1 is 1.41 bits per heavy atom. The average Bonchev–Trinajstić information content (AvgIpc) is 2.28. The van der Waals surface area contributed by atoms with E-state index in [0.29, 0.717) is 11.5 Å². The molecule has 0 heterocycles. The van der Waals surface area contributed by atoms with E-state index in [-0.39, 0.29) is 6.61 Å². The van der Waals surface area contributed by atoms with Gasteiger partial charge in [0.2, 0.25) is 0 Å². The fourth-order valence-corrected chi connectivity index (χ4v) is 1.72. The molecule has 0 saturated carbocycles. The molecule has 3 nitrogen and oxygen atoms in total. The lowest BCUT2D eigenvalue weighted by atomic mass is 9.99. The zero-order valence-electron chi connectivity index (χ0n) is 10.6. The highest BCUT2D eigenvalue weighted by molar-refractivity contribution is 5.76. The van der Waals surface area contributed by atoms with Gasteiger partial charge in [-0.1, -0.05) is 38.1 Å². The lowest BCUT2D eigenvalue weighted by Gasteiger charge is -2.12. The fourth-order valence-electron chi connectivity index (χ4n) is 1.72. The molecule has 17 heavy (non-hydrogen) atoms. The van der Waals surface area contributed by atoms with Crippen LogP contribution in [0.15, 0.2) is 24.3 Å².